The molecule has 0 aliphatic rings. The minimum Gasteiger partial charge on any atom is -0.741 e. The summed E-state index contributed by atoms with van der Waals surface area (Å²) in [5.74, 6) is 0. The molecule has 0 amide bonds. The molecule has 0 atom stereocenters. The van der Waals surface area contributed by atoms with Gasteiger partial charge in [0.05, 0.1) is 37.1 Å². The summed E-state index contributed by atoms with van der Waals surface area (Å²) in [6.07, 6.45) is 6.16. The van der Waals surface area contributed by atoms with Crippen LogP contribution in [0.4, 0.5) is 13.2 Å². The van der Waals surface area contributed by atoms with Crippen LogP contribution in [0.25, 0.3) is 0 Å². The SMILES string of the molecule is C=C[CH-]C.O=S(=O)([O-])C(F)(F)F.[Pd].c1ccc([PH+](CC[PH+](c2ccccc2)c2ccccc2)c2ccccc2)cc1. The van der Waals surface area contributed by atoms with E-state index in [1.807, 2.05) is 13.3 Å². The second kappa shape index (κ2) is 19.0. The number of hydrogen-bond acceptors (Lipinski definition) is 3. The maximum absolute atomic E-state index is 10.7. The Hall–Kier alpha value is -2.29. The van der Waals surface area contributed by atoms with Crippen molar-refractivity contribution in [1.29, 1.82) is 0 Å². The third-order valence-corrected chi connectivity index (χ3v) is 12.3. The number of benzene rings is 4. The third-order valence-electron chi connectivity index (χ3n) is 5.63. The molecule has 0 saturated carbocycles. The fourth-order valence-corrected chi connectivity index (χ4v) is 9.92. The Morgan fingerprint density at radius 3 is 1.02 bits per heavy atom. The summed E-state index contributed by atoms with van der Waals surface area (Å²) in [6.45, 7) is 5.36. The fraction of sp³-hybridized carbons (Fsp3) is 0.129. The van der Waals surface area contributed by atoms with Gasteiger partial charge < -0.3 is 4.55 Å². The van der Waals surface area contributed by atoms with E-state index in [2.05, 4.69) is 128 Å². The van der Waals surface area contributed by atoms with Gasteiger partial charge >= 0.3 is 5.51 Å². The molecule has 4 aromatic carbocycles. The molecule has 10 heteroatoms. The van der Waals surface area contributed by atoms with Gasteiger partial charge in [0, 0.05) is 20.4 Å². The molecule has 0 heterocycles. The van der Waals surface area contributed by atoms with E-state index in [1.54, 1.807) is 6.08 Å². The molecule has 0 spiro atoms. The molecule has 0 bridgehead atoms. The van der Waals surface area contributed by atoms with Crippen molar-refractivity contribution in [3.8, 4) is 0 Å². The first-order valence-electron chi connectivity index (χ1n) is 12.4. The second-order valence-electron chi connectivity index (χ2n) is 8.39. The van der Waals surface area contributed by atoms with Crippen molar-refractivity contribution in [1.82, 2.24) is 0 Å². The minimum atomic E-state index is -6.09. The van der Waals surface area contributed by atoms with Crippen LogP contribution in [0.3, 0.4) is 0 Å². The summed E-state index contributed by atoms with van der Waals surface area (Å²) < 4.78 is 58.9. The van der Waals surface area contributed by atoms with Gasteiger partial charge in [-0.3, -0.25) is 0 Å². The molecular weight excluding hydrogens is 678 g/mol. The van der Waals surface area contributed by atoms with Gasteiger partial charge in [-0.1, -0.05) is 72.8 Å². The molecule has 0 fully saturated rings. The van der Waals surface area contributed by atoms with Gasteiger partial charge in [-0.25, -0.2) is 27.5 Å². The molecule has 0 N–H and O–H groups in total. The van der Waals surface area contributed by atoms with E-state index in [1.165, 1.54) is 33.5 Å². The minimum absolute atomic E-state index is 0. The molecule has 41 heavy (non-hydrogen) atoms. The van der Waals surface area contributed by atoms with Crippen LogP contribution in [-0.2, 0) is 30.5 Å². The maximum atomic E-state index is 10.7. The zero-order chi connectivity index (χ0) is 29.4. The molecule has 0 unspecified atom stereocenters. The van der Waals surface area contributed by atoms with Crippen molar-refractivity contribution < 1.29 is 46.6 Å². The molecule has 0 aliphatic heterocycles. The molecule has 0 aliphatic carbocycles. The number of alkyl halides is 3. The summed E-state index contributed by atoms with van der Waals surface area (Å²) in [5, 5.41) is 6.06. The summed E-state index contributed by atoms with van der Waals surface area (Å²) in [4.78, 5) is 0. The average molecular weight is 711 g/mol. The van der Waals surface area contributed by atoms with E-state index in [0.29, 0.717) is 0 Å². The van der Waals surface area contributed by atoms with Crippen LogP contribution >= 0.6 is 15.8 Å². The van der Waals surface area contributed by atoms with Crippen molar-refractivity contribution in [3.05, 3.63) is 140 Å². The Bertz CT molecular complexity index is 1200. The molecule has 0 saturated heterocycles. The summed E-state index contributed by atoms with van der Waals surface area (Å²) >= 11 is 0. The van der Waals surface area contributed by atoms with E-state index in [4.69, 9.17) is 13.0 Å². The molecule has 0 radical (unpaired) electrons. The van der Waals surface area contributed by atoms with Gasteiger partial charge in [-0.05, 0) is 48.5 Å². The summed E-state index contributed by atoms with van der Waals surface area (Å²) in [5.41, 5.74) is -5.65. The van der Waals surface area contributed by atoms with Crippen molar-refractivity contribution in [2.75, 3.05) is 12.3 Å². The van der Waals surface area contributed by atoms with Gasteiger partial charge in [0.2, 0.25) is 0 Å². The van der Waals surface area contributed by atoms with Crippen LogP contribution in [0, 0.1) is 6.42 Å². The van der Waals surface area contributed by atoms with Crippen LogP contribution < -0.4 is 21.2 Å². The first-order valence-corrected chi connectivity index (χ1v) is 17.3. The normalized spacial score (nSPS) is 10.8. The van der Waals surface area contributed by atoms with Crippen molar-refractivity contribution in [2.45, 2.75) is 12.4 Å². The van der Waals surface area contributed by atoms with E-state index in [9.17, 15) is 13.2 Å². The number of hydrogen-bond donors (Lipinski definition) is 0. The smallest absolute Gasteiger partial charge is 0.485 e. The second-order valence-corrected chi connectivity index (χ2v) is 15.0. The predicted molar refractivity (Wildman–Crippen MR) is 167 cm³/mol. The van der Waals surface area contributed by atoms with Gasteiger partial charge in [-0.15, -0.1) is 6.92 Å². The quantitative estimate of drug-likeness (QED) is 0.0724. The van der Waals surface area contributed by atoms with Crippen LogP contribution in [0.1, 0.15) is 6.92 Å². The first kappa shape index (κ1) is 36.7. The Kier molecular flexibility index (Phi) is 17.0. The Morgan fingerprint density at radius 1 is 0.683 bits per heavy atom. The standard InChI is InChI=1S/C26H24P2.C4H7.CHF3O3S.Pd/c1-5-13-23(14-6-1)27(24-15-7-2-8-16-24)21-22-28(25-17-9-3-10-18-25)26-19-11-4-12-20-26;1-3-4-2;2-1(3,4)8(5,6)7;/h1-20H,21-22H2;3-4H,1H2,2H3;(H,5,6,7);/q;-1;;/p+1. The summed E-state index contributed by atoms with van der Waals surface area (Å²) in [6, 6.07) is 44.5. The fourth-order valence-electron chi connectivity index (χ4n) is 3.72. The van der Waals surface area contributed by atoms with Gasteiger partial charge in [0.25, 0.3) is 0 Å². The number of rotatable bonds is 8. The molecular formula is C31H33F3O3P2PdS. The van der Waals surface area contributed by atoms with Crippen molar-refractivity contribution >= 4 is 47.2 Å². The Morgan fingerprint density at radius 2 is 0.878 bits per heavy atom. The van der Waals surface area contributed by atoms with Crippen LogP contribution in [0.15, 0.2) is 134 Å². The Balaban J connectivity index is 0.000000549. The van der Waals surface area contributed by atoms with Gasteiger partial charge in [-0.2, -0.15) is 13.2 Å². The zero-order valence-electron chi connectivity index (χ0n) is 22.4. The predicted octanol–water partition coefficient (Wildman–Crippen LogP) is 6.16. The van der Waals surface area contributed by atoms with Crippen LogP contribution in [-0.4, -0.2) is 30.8 Å². The third kappa shape index (κ3) is 13.0. The molecule has 4 rings (SSSR count). The number of allylic oxidation sites excluding steroid dienone is 1. The maximum Gasteiger partial charge on any atom is 0.485 e. The van der Waals surface area contributed by atoms with Crippen molar-refractivity contribution in [3.63, 3.8) is 0 Å². The van der Waals surface area contributed by atoms with Gasteiger partial charge in [0.15, 0.2) is 10.1 Å². The monoisotopic (exact) mass is 710 g/mol. The van der Waals surface area contributed by atoms with E-state index in [0.717, 1.165) is 0 Å². The average Bonchev–Trinajstić information content (AvgIpc) is 2.97. The molecule has 3 nitrogen and oxygen atoms in total. The van der Waals surface area contributed by atoms with E-state index < -0.39 is 31.5 Å². The van der Waals surface area contributed by atoms with E-state index in [-0.39, 0.29) is 20.4 Å². The summed E-state index contributed by atoms with van der Waals surface area (Å²) in [7, 11) is -7.66. The van der Waals surface area contributed by atoms with E-state index >= 15 is 0 Å². The zero-order valence-corrected chi connectivity index (χ0v) is 26.8. The largest absolute Gasteiger partial charge is 0.741 e. The van der Waals surface area contributed by atoms with Crippen LogP contribution in [0.2, 0.25) is 0 Å². The van der Waals surface area contributed by atoms with Crippen LogP contribution in [0.5, 0.6) is 0 Å². The molecule has 4 aromatic rings. The van der Waals surface area contributed by atoms with Crippen molar-refractivity contribution in [2.24, 2.45) is 0 Å². The first-order chi connectivity index (χ1) is 19.1. The number of halogens is 3. The van der Waals surface area contributed by atoms with Gasteiger partial charge in [0.1, 0.15) is 12.3 Å². The Labute approximate surface area is 257 Å². The molecule has 222 valence electrons. The molecule has 0 aromatic heterocycles. The topological polar surface area (TPSA) is 57.2 Å².